The molecule has 1 aromatic carbocycles. The first-order valence-electron chi connectivity index (χ1n) is 4.97. The lowest BCUT2D eigenvalue weighted by atomic mass is 10.2. The molecule has 0 saturated carbocycles. The topological polar surface area (TPSA) is 48.4 Å². The Morgan fingerprint density at radius 3 is 2.94 bits per heavy atom. The minimum atomic E-state index is -0.378. The first-order valence-corrected chi connectivity index (χ1v) is 6.16. The van der Waals surface area contributed by atoms with Crippen molar-refractivity contribution in [2.24, 2.45) is 0 Å². The molecule has 0 unspecified atom stereocenters. The molecule has 0 bridgehead atoms. The highest BCUT2D eigenvalue weighted by molar-refractivity contribution is 7.22. The Morgan fingerprint density at radius 2 is 2.29 bits per heavy atom. The molecule has 6 heteroatoms. The van der Waals surface area contributed by atoms with Gasteiger partial charge < -0.3 is 9.47 Å². The molecule has 0 atom stereocenters. The highest BCUT2D eigenvalue weighted by Gasteiger charge is 2.14. The number of thiazole rings is 1. The summed E-state index contributed by atoms with van der Waals surface area (Å²) in [7, 11) is 1.52. The summed E-state index contributed by atoms with van der Waals surface area (Å²) in [5, 5.41) is 0. The molecule has 2 aromatic rings. The summed E-state index contributed by atoms with van der Waals surface area (Å²) in [6.07, 6.45) is 0. The van der Waals surface area contributed by atoms with Crippen LogP contribution in [0, 0.1) is 0 Å². The van der Waals surface area contributed by atoms with Crippen LogP contribution in [0.3, 0.4) is 0 Å². The number of hydrogen-bond acceptors (Lipinski definition) is 5. The quantitative estimate of drug-likeness (QED) is 0.805. The number of rotatable bonds is 3. The monoisotopic (exact) mass is 271 g/mol. The predicted octanol–water partition coefficient (Wildman–Crippen LogP) is 3.14. The zero-order chi connectivity index (χ0) is 12.4. The Labute approximate surface area is 107 Å². The van der Waals surface area contributed by atoms with E-state index in [1.165, 1.54) is 18.4 Å². The lowest BCUT2D eigenvalue weighted by Gasteiger charge is -2.05. The number of fused-ring (bicyclic) bond motifs is 1. The lowest BCUT2D eigenvalue weighted by molar-refractivity contribution is 0.0526. The third-order valence-electron chi connectivity index (χ3n) is 2.16. The number of carbonyl (C=O) groups is 1. The second-order valence-corrected chi connectivity index (χ2v) is 4.83. The predicted molar refractivity (Wildman–Crippen MR) is 67.1 cm³/mol. The van der Waals surface area contributed by atoms with Crippen LogP contribution in [0.5, 0.6) is 5.75 Å². The van der Waals surface area contributed by atoms with Gasteiger partial charge in [0.25, 0.3) is 0 Å². The Hall–Kier alpha value is -1.33. The molecule has 0 aliphatic rings. The average Bonchev–Trinajstić information content (AvgIpc) is 2.68. The van der Waals surface area contributed by atoms with E-state index in [0.29, 0.717) is 27.9 Å². The number of esters is 1. The minimum absolute atomic E-state index is 0.336. The van der Waals surface area contributed by atoms with Gasteiger partial charge in [0.1, 0.15) is 11.3 Å². The van der Waals surface area contributed by atoms with Crippen molar-refractivity contribution in [1.29, 1.82) is 0 Å². The van der Waals surface area contributed by atoms with Gasteiger partial charge in [-0.15, -0.1) is 11.3 Å². The van der Waals surface area contributed by atoms with Gasteiger partial charge >= 0.3 is 5.97 Å². The van der Waals surface area contributed by atoms with E-state index in [9.17, 15) is 4.79 Å². The average molecular weight is 272 g/mol. The van der Waals surface area contributed by atoms with Gasteiger partial charge in [-0.2, -0.15) is 0 Å². The van der Waals surface area contributed by atoms with E-state index >= 15 is 0 Å². The van der Waals surface area contributed by atoms with Crippen LogP contribution in [0.1, 0.15) is 17.3 Å². The third-order valence-corrected chi connectivity index (χ3v) is 3.27. The van der Waals surface area contributed by atoms with E-state index < -0.39 is 0 Å². The maximum Gasteiger partial charge on any atom is 0.338 e. The molecular weight excluding hydrogens is 262 g/mol. The van der Waals surface area contributed by atoms with E-state index in [1.807, 2.05) is 0 Å². The minimum Gasteiger partial charge on any atom is -0.494 e. The van der Waals surface area contributed by atoms with E-state index in [-0.39, 0.29) is 5.97 Å². The Morgan fingerprint density at radius 1 is 1.53 bits per heavy atom. The summed E-state index contributed by atoms with van der Waals surface area (Å²) in [6.45, 7) is 2.10. The number of aromatic nitrogens is 1. The van der Waals surface area contributed by atoms with E-state index in [1.54, 1.807) is 19.1 Å². The zero-order valence-corrected chi connectivity index (χ0v) is 10.9. The van der Waals surface area contributed by atoms with Crippen LogP contribution in [-0.4, -0.2) is 24.7 Å². The molecule has 0 radical (unpaired) electrons. The fourth-order valence-electron chi connectivity index (χ4n) is 1.46. The highest BCUT2D eigenvalue weighted by atomic mass is 35.5. The Bertz CT molecular complexity index is 567. The van der Waals surface area contributed by atoms with Crippen molar-refractivity contribution < 1.29 is 14.3 Å². The maximum atomic E-state index is 11.6. The lowest BCUT2D eigenvalue weighted by Crippen LogP contribution is -2.04. The molecule has 1 heterocycles. The number of carbonyl (C=O) groups excluding carboxylic acids is 1. The number of halogens is 1. The largest absolute Gasteiger partial charge is 0.494 e. The van der Waals surface area contributed by atoms with Crippen molar-refractivity contribution in [3.8, 4) is 5.75 Å². The highest BCUT2D eigenvalue weighted by Crippen LogP contribution is 2.33. The van der Waals surface area contributed by atoms with Gasteiger partial charge in [-0.25, -0.2) is 9.78 Å². The summed E-state index contributed by atoms with van der Waals surface area (Å²) in [5.74, 6) is 0.144. The molecule has 0 aliphatic heterocycles. The van der Waals surface area contributed by atoms with Gasteiger partial charge in [0.05, 0.1) is 24.0 Å². The van der Waals surface area contributed by atoms with Gasteiger partial charge in [-0.05, 0) is 19.1 Å². The van der Waals surface area contributed by atoms with Gasteiger partial charge in [0.15, 0.2) is 4.47 Å². The second-order valence-electron chi connectivity index (χ2n) is 3.21. The summed E-state index contributed by atoms with van der Waals surface area (Å²) >= 11 is 7.14. The van der Waals surface area contributed by atoms with Crippen molar-refractivity contribution in [2.75, 3.05) is 13.7 Å². The summed E-state index contributed by atoms with van der Waals surface area (Å²) in [5.41, 5.74) is 1.10. The zero-order valence-electron chi connectivity index (χ0n) is 9.32. The Kier molecular flexibility index (Phi) is 3.49. The first kappa shape index (κ1) is 12.1. The van der Waals surface area contributed by atoms with Crippen molar-refractivity contribution in [1.82, 2.24) is 4.98 Å². The van der Waals surface area contributed by atoms with E-state index in [2.05, 4.69) is 4.98 Å². The van der Waals surface area contributed by atoms with Crippen LogP contribution >= 0.6 is 22.9 Å². The molecular formula is C11H10ClNO3S. The van der Waals surface area contributed by atoms with Gasteiger partial charge in [0.2, 0.25) is 0 Å². The molecule has 2 rings (SSSR count). The smallest absolute Gasteiger partial charge is 0.338 e. The third kappa shape index (κ3) is 2.35. The van der Waals surface area contributed by atoms with E-state index in [0.717, 1.165) is 4.70 Å². The van der Waals surface area contributed by atoms with Crippen molar-refractivity contribution in [3.05, 3.63) is 22.2 Å². The number of hydrogen-bond donors (Lipinski definition) is 0. The molecule has 1 aromatic heterocycles. The molecule has 0 N–H and O–H groups in total. The van der Waals surface area contributed by atoms with Crippen LogP contribution < -0.4 is 4.74 Å². The number of benzene rings is 1. The van der Waals surface area contributed by atoms with Crippen LogP contribution in [0.4, 0.5) is 0 Å². The second kappa shape index (κ2) is 4.89. The molecule has 4 nitrogen and oxygen atoms in total. The molecule has 0 saturated heterocycles. The SMILES string of the molecule is CCOC(=O)c1cc(OC)c2nc(Cl)sc2c1. The molecule has 0 spiro atoms. The summed E-state index contributed by atoms with van der Waals surface area (Å²) < 4.78 is 11.3. The number of nitrogens with zero attached hydrogens (tertiary/aromatic N) is 1. The van der Waals surface area contributed by atoms with Crippen LogP contribution in [-0.2, 0) is 4.74 Å². The molecule has 17 heavy (non-hydrogen) atoms. The van der Waals surface area contributed by atoms with Crippen LogP contribution in [0.25, 0.3) is 10.2 Å². The summed E-state index contributed by atoms with van der Waals surface area (Å²) in [4.78, 5) is 15.8. The maximum absolute atomic E-state index is 11.6. The Balaban J connectivity index is 2.55. The van der Waals surface area contributed by atoms with Crippen molar-refractivity contribution >= 4 is 39.1 Å². The normalized spacial score (nSPS) is 10.5. The number of ether oxygens (including phenoxy) is 2. The van der Waals surface area contributed by atoms with Crippen molar-refractivity contribution in [2.45, 2.75) is 6.92 Å². The molecule has 0 fully saturated rings. The van der Waals surface area contributed by atoms with Gasteiger partial charge in [-0.1, -0.05) is 11.6 Å². The number of methoxy groups -OCH3 is 1. The van der Waals surface area contributed by atoms with Crippen molar-refractivity contribution in [3.63, 3.8) is 0 Å². The molecule has 0 aliphatic carbocycles. The first-order chi connectivity index (χ1) is 8.15. The molecule has 0 amide bonds. The standard InChI is InChI=1S/C11H10ClNO3S/c1-3-16-10(14)6-4-7(15-2)9-8(5-6)17-11(12)13-9/h4-5H,3H2,1-2H3. The molecule has 90 valence electrons. The fraction of sp³-hybridized carbons (Fsp3) is 0.273. The van der Waals surface area contributed by atoms with Gasteiger partial charge in [-0.3, -0.25) is 0 Å². The fourth-order valence-corrected chi connectivity index (χ4v) is 2.54. The van der Waals surface area contributed by atoms with E-state index in [4.69, 9.17) is 21.1 Å². The van der Waals surface area contributed by atoms with Crippen LogP contribution in [0.2, 0.25) is 4.47 Å². The van der Waals surface area contributed by atoms with Gasteiger partial charge in [0, 0.05) is 0 Å². The van der Waals surface area contributed by atoms with Crippen LogP contribution in [0.15, 0.2) is 12.1 Å². The summed E-state index contributed by atoms with van der Waals surface area (Å²) in [6, 6.07) is 3.32.